The fraction of sp³-hybridized carbons (Fsp3) is 0.222. The second-order valence-corrected chi connectivity index (χ2v) is 3.11. The van der Waals surface area contributed by atoms with Crippen molar-refractivity contribution in [1.29, 1.82) is 0 Å². The third-order valence-corrected chi connectivity index (χ3v) is 2.06. The van der Waals surface area contributed by atoms with Crippen LogP contribution in [0.3, 0.4) is 0 Å². The van der Waals surface area contributed by atoms with Gasteiger partial charge in [0.1, 0.15) is 11.6 Å². The Bertz CT molecular complexity index is 498. The van der Waals surface area contributed by atoms with Gasteiger partial charge in [-0.2, -0.15) is 4.68 Å². The van der Waals surface area contributed by atoms with Crippen molar-refractivity contribution in [2.45, 2.75) is 6.54 Å². The SMILES string of the molecule is Cn1nnnc1Oc1cccc(F)c1CN. The number of tetrazole rings is 1. The number of rotatable bonds is 3. The first-order valence-corrected chi connectivity index (χ1v) is 4.60. The van der Waals surface area contributed by atoms with Gasteiger partial charge in [0.25, 0.3) is 0 Å². The average molecular weight is 223 g/mol. The van der Waals surface area contributed by atoms with Crippen molar-refractivity contribution >= 4 is 0 Å². The molecular weight excluding hydrogens is 213 g/mol. The first kappa shape index (κ1) is 10.5. The number of halogens is 1. The van der Waals surface area contributed by atoms with E-state index in [-0.39, 0.29) is 12.6 Å². The Hall–Kier alpha value is -2.02. The molecule has 0 atom stereocenters. The third kappa shape index (κ3) is 1.84. The van der Waals surface area contributed by atoms with Crippen molar-refractivity contribution in [2.75, 3.05) is 0 Å². The molecule has 0 amide bonds. The zero-order valence-corrected chi connectivity index (χ0v) is 8.59. The molecule has 6 nitrogen and oxygen atoms in total. The molecule has 0 saturated carbocycles. The van der Waals surface area contributed by atoms with Gasteiger partial charge in [0.2, 0.25) is 0 Å². The van der Waals surface area contributed by atoms with Gasteiger partial charge in [-0.05, 0) is 22.6 Å². The van der Waals surface area contributed by atoms with E-state index in [0.717, 1.165) is 0 Å². The second-order valence-electron chi connectivity index (χ2n) is 3.11. The molecule has 1 aromatic heterocycles. The molecule has 0 spiro atoms. The topological polar surface area (TPSA) is 78.8 Å². The van der Waals surface area contributed by atoms with Crippen LogP contribution in [0.2, 0.25) is 0 Å². The van der Waals surface area contributed by atoms with E-state index >= 15 is 0 Å². The molecule has 0 unspecified atom stereocenters. The Morgan fingerprint density at radius 1 is 1.50 bits per heavy atom. The van der Waals surface area contributed by atoms with Gasteiger partial charge in [0, 0.05) is 19.2 Å². The smallest absolute Gasteiger partial charge is 0.340 e. The highest BCUT2D eigenvalue weighted by atomic mass is 19.1. The van der Waals surface area contributed by atoms with Crippen LogP contribution in [-0.2, 0) is 13.6 Å². The summed E-state index contributed by atoms with van der Waals surface area (Å²) in [6, 6.07) is 4.65. The highest BCUT2D eigenvalue weighted by molar-refractivity contribution is 5.36. The summed E-state index contributed by atoms with van der Waals surface area (Å²) in [4.78, 5) is 0. The van der Waals surface area contributed by atoms with Gasteiger partial charge in [0.15, 0.2) is 0 Å². The maximum atomic E-state index is 13.4. The summed E-state index contributed by atoms with van der Waals surface area (Å²) in [5.74, 6) is -0.0875. The van der Waals surface area contributed by atoms with E-state index in [9.17, 15) is 4.39 Å². The minimum atomic E-state index is -0.407. The lowest BCUT2D eigenvalue weighted by Gasteiger charge is -2.08. The summed E-state index contributed by atoms with van der Waals surface area (Å²) in [6.45, 7) is 0.0489. The van der Waals surface area contributed by atoms with Crippen LogP contribution in [0.25, 0.3) is 0 Å². The summed E-state index contributed by atoms with van der Waals surface area (Å²) in [5, 5.41) is 10.6. The second kappa shape index (κ2) is 4.23. The van der Waals surface area contributed by atoms with E-state index < -0.39 is 5.82 Å². The van der Waals surface area contributed by atoms with Crippen molar-refractivity contribution < 1.29 is 9.13 Å². The molecule has 84 valence electrons. The summed E-state index contributed by atoms with van der Waals surface area (Å²) >= 11 is 0. The fourth-order valence-corrected chi connectivity index (χ4v) is 1.24. The van der Waals surface area contributed by atoms with Crippen molar-refractivity contribution in [2.24, 2.45) is 12.8 Å². The van der Waals surface area contributed by atoms with Crippen molar-refractivity contribution in [3.05, 3.63) is 29.6 Å². The van der Waals surface area contributed by atoms with E-state index in [4.69, 9.17) is 10.5 Å². The Morgan fingerprint density at radius 3 is 2.94 bits per heavy atom. The van der Waals surface area contributed by atoms with E-state index in [2.05, 4.69) is 15.5 Å². The van der Waals surface area contributed by atoms with Crippen LogP contribution in [0.1, 0.15) is 5.56 Å². The van der Waals surface area contributed by atoms with Crippen molar-refractivity contribution in [3.63, 3.8) is 0 Å². The molecule has 2 rings (SSSR count). The number of ether oxygens (including phenoxy) is 1. The van der Waals surface area contributed by atoms with Gasteiger partial charge >= 0.3 is 6.01 Å². The standard InChI is InChI=1S/C9H10FN5O/c1-15-9(12-13-14-15)16-8-4-2-3-7(10)6(8)5-11/h2-4H,5,11H2,1H3. The maximum Gasteiger partial charge on any atom is 0.340 e. The van der Waals surface area contributed by atoms with Crippen molar-refractivity contribution in [1.82, 2.24) is 20.2 Å². The largest absolute Gasteiger partial charge is 0.423 e. The Kier molecular flexibility index (Phi) is 2.78. The third-order valence-electron chi connectivity index (χ3n) is 2.06. The molecule has 2 aromatic rings. The number of nitrogens with zero attached hydrogens (tertiary/aromatic N) is 4. The van der Waals surface area contributed by atoms with Crippen LogP contribution in [0.4, 0.5) is 4.39 Å². The van der Waals surface area contributed by atoms with Gasteiger partial charge < -0.3 is 10.5 Å². The number of hydrogen-bond acceptors (Lipinski definition) is 5. The number of hydrogen-bond donors (Lipinski definition) is 1. The highest BCUT2D eigenvalue weighted by Crippen LogP contribution is 2.24. The zero-order chi connectivity index (χ0) is 11.5. The van der Waals surface area contributed by atoms with Crippen molar-refractivity contribution in [3.8, 4) is 11.8 Å². The van der Waals surface area contributed by atoms with Gasteiger partial charge in [0.05, 0.1) is 0 Å². The summed E-state index contributed by atoms with van der Waals surface area (Å²) < 4.78 is 20.1. The predicted molar refractivity (Wildman–Crippen MR) is 53.2 cm³/mol. The molecule has 2 N–H and O–H groups in total. The molecule has 0 aliphatic heterocycles. The number of benzene rings is 1. The minimum Gasteiger partial charge on any atom is -0.423 e. The van der Waals surface area contributed by atoms with Crippen LogP contribution in [0, 0.1) is 5.82 Å². The van der Waals surface area contributed by atoms with Gasteiger partial charge in [-0.25, -0.2) is 4.39 Å². The Balaban J connectivity index is 2.35. The average Bonchev–Trinajstić information content (AvgIpc) is 2.65. The predicted octanol–water partition coefficient (Wildman–Crippen LogP) is 0.600. The van der Waals surface area contributed by atoms with Crippen LogP contribution in [0.15, 0.2) is 18.2 Å². The molecule has 0 aliphatic carbocycles. The van der Waals surface area contributed by atoms with E-state index in [0.29, 0.717) is 11.3 Å². The lowest BCUT2D eigenvalue weighted by atomic mass is 10.2. The summed E-state index contributed by atoms with van der Waals surface area (Å²) in [5.41, 5.74) is 5.74. The molecule has 0 saturated heterocycles. The quantitative estimate of drug-likeness (QED) is 0.824. The highest BCUT2D eigenvalue weighted by Gasteiger charge is 2.11. The molecule has 0 bridgehead atoms. The minimum absolute atomic E-state index is 0.0489. The summed E-state index contributed by atoms with van der Waals surface area (Å²) in [7, 11) is 1.62. The Morgan fingerprint density at radius 2 is 2.31 bits per heavy atom. The van der Waals surface area contributed by atoms with E-state index in [1.807, 2.05) is 0 Å². The molecule has 1 heterocycles. The van der Waals surface area contributed by atoms with E-state index in [1.165, 1.54) is 16.8 Å². The zero-order valence-electron chi connectivity index (χ0n) is 8.59. The maximum absolute atomic E-state index is 13.4. The van der Waals surface area contributed by atoms with Gasteiger partial charge in [-0.1, -0.05) is 11.2 Å². The number of nitrogens with two attached hydrogens (primary N) is 1. The lowest BCUT2D eigenvalue weighted by molar-refractivity contribution is 0.406. The molecule has 7 heteroatoms. The first-order chi connectivity index (χ1) is 7.72. The van der Waals surface area contributed by atoms with Crippen LogP contribution in [-0.4, -0.2) is 20.2 Å². The normalized spacial score (nSPS) is 10.4. The molecule has 0 fully saturated rings. The molecule has 0 radical (unpaired) electrons. The summed E-state index contributed by atoms with van der Waals surface area (Å²) in [6.07, 6.45) is 0. The Labute approximate surface area is 90.8 Å². The molecular formula is C9H10FN5O. The molecule has 0 aliphatic rings. The van der Waals surface area contributed by atoms with Gasteiger partial charge in [-0.15, -0.1) is 0 Å². The van der Waals surface area contributed by atoms with E-state index in [1.54, 1.807) is 13.1 Å². The molecule has 16 heavy (non-hydrogen) atoms. The lowest BCUT2D eigenvalue weighted by Crippen LogP contribution is -2.04. The van der Waals surface area contributed by atoms with Crippen LogP contribution >= 0.6 is 0 Å². The van der Waals surface area contributed by atoms with Crippen LogP contribution in [0.5, 0.6) is 11.8 Å². The fourth-order valence-electron chi connectivity index (χ4n) is 1.24. The van der Waals surface area contributed by atoms with Gasteiger partial charge in [-0.3, -0.25) is 0 Å². The first-order valence-electron chi connectivity index (χ1n) is 4.60. The molecule has 1 aromatic carbocycles. The van der Waals surface area contributed by atoms with Crippen LogP contribution < -0.4 is 10.5 Å². The monoisotopic (exact) mass is 223 g/mol. The number of aryl methyl sites for hydroxylation is 1. The number of aromatic nitrogens is 4.